The van der Waals surface area contributed by atoms with Gasteiger partial charge >= 0.3 is 12.1 Å². The lowest BCUT2D eigenvalue weighted by Gasteiger charge is -2.08. The number of halogens is 4. The number of ether oxygens (including phenoxy) is 1. The van der Waals surface area contributed by atoms with E-state index in [1.54, 1.807) is 53.1 Å². The van der Waals surface area contributed by atoms with Gasteiger partial charge in [-0.3, -0.25) is 14.2 Å². The number of rotatable bonds is 5. The maximum absolute atomic E-state index is 13.0. The summed E-state index contributed by atoms with van der Waals surface area (Å²) in [6.45, 7) is 0. The average molecular weight is 560 g/mol. The monoisotopic (exact) mass is 559 g/mol. The van der Waals surface area contributed by atoms with E-state index >= 15 is 0 Å². The van der Waals surface area contributed by atoms with Crippen molar-refractivity contribution in [1.82, 2.24) is 29.1 Å². The number of nitrogens with one attached hydrogen (secondary N) is 1. The minimum absolute atomic E-state index is 0.215. The molecular weight excluding hydrogens is 543 g/mol. The molecule has 5 rings (SSSR count). The van der Waals surface area contributed by atoms with Gasteiger partial charge in [0, 0.05) is 18.6 Å². The lowest BCUT2D eigenvalue weighted by molar-refractivity contribution is -0.192. The Bertz CT molecular complexity index is 1620. The molecule has 0 unspecified atom stereocenters. The fourth-order valence-corrected chi connectivity index (χ4v) is 3.42. The van der Waals surface area contributed by atoms with Crippen molar-refractivity contribution in [3.63, 3.8) is 0 Å². The third-order valence-corrected chi connectivity index (χ3v) is 5.29. The van der Waals surface area contributed by atoms with Gasteiger partial charge in [0.2, 0.25) is 0 Å². The van der Waals surface area contributed by atoms with Crippen LogP contribution in [0.3, 0.4) is 0 Å². The topological polar surface area (TPSA) is 137 Å². The number of hydrogen-bond donors (Lipinski definition) is 2. The van der Waals surface area contributed by atoms with Crippen molar-refractivity contribution in [1.29, 1.82) is 0 Å². The zero-order valence-electron chi connectivity index (χ0n) is 19.8. The van der Waals surface area contributed by atoms with Crippen LogP contribution < -0.4 is 10.1 Å². The Balaban J connectivity index is 0.000000448. The molecule has 0 atom stereocenters. The fourth-order valence-electron chi connectivity index (χ4n) is 3.31. The first-order valence-corrected chi connectivity index (χ1v) is 11.2. The van der Waals surface area contributed by atoms with E-state index in [2.05, 4.69) is 25.4 Å². The zero-order chi connectivity index (χ0) is 28.2. The lowest BCUT2D eigenvalue weighted by Crippen LogP contribution is -2.21. The Labute approximate surface area is 222 Å². The summed E-state index contributed by atoms with van der Waals surface area (Å²) in [5.41, 5.74) is 2.30. The molecule has 1 amide bonds. The van der Waals surface area contributed by atoms with Gasteiger partial charge in [-0.15, -0.1) is 0 Å². The van der Waals surface area contributed by atoms with Gasteiger partial charge in [-0.25, -0.2) is 19.4 Å². The van der Waals surface area contributed by atoms with Crippen LogP contribution in [0.2, 0.25) is 5.02 Å². The Kier molecular flexibility index (Phi) is 7.76. The number of fused-ring (bicyclic) bond motifs is 1. The third kappa shape index (κ3) is 6.13. The summed E-state index contributed by atoms with van der Waals surface area (Å²) in [6, 6.07) is 12.6. The fraction of sp³-hybridized carbons (Fsp3) is 0.0833. The van der Waals surface area contributed by atoms with Crippen LogP contribution in [-0.2, 0) is 4.79 Å². The Hall–Kier alpha value is -4.98. The summed E-state index contributed by atoms with van der Waals surface area (Å²) in [5, 5.41) is 14.8. The molecule has 0 saturated carbocycles. The highest BCUT2D eigenvalue weighted by atomic mass is 35.5. The number of pyridine rings is 1. The molecule has 0 aliphatic carbocycles. The zero-order valence-corrected chi connectivity index (χ0v) is 20.6. The van der Waals surface area contributed by atoms with Crippen molar-refractivity contribution < 1.29 is 32.6 Å². The van der Waals surface area contributed by atoms with Crippen LogP contribution in [-0.4, -0.2) is 59.4 Å². The van der Waals surface area contributed by atoms with Gasteiger partial charge in [0.05, 0.1) is 35.7 Å². The summed E-state index contributed by atoms with van der Waals surface area (Å²) in [4.78, 5) is 34.8. The number of alkyl halides is 3. The molecule has 0 saturated heterocycles. The first-order valence-electron chi connectivity index (χ1n) is 10.8. The number of hydrogen-bond acceptors (Lipinski definition) is 7. The molecule has 0 radical (unpaired) electrons. The number of carbonyl (C=O) groups is 2. The maximum atomic E-state index is 13.0. The van der Waals surface area contributed by atoms with E-state index in [-0.39, 0.29) is 5.69 Å². The number of benzene rings is 1. The second-order valence-electron chi connectivity index (χ2n) is 7.56. The van der Waals surface area contributed by atoms with E-state index in [1.165, 1.54) is 6.20 Å². The number of methoxy groups -OCH3 is 1. The molecule has 0 spiro atoms. The predicted molar refractivity (Wildman–Crippen MR) is 133 cm³/mol. The lowest BCUT2D eigenvalue weighted by atomic mass is 10.3. The molecule has 39 heavy (non-hydrogen) atoms. The van der Waals surface area contributed by atoms with Crippen molar-refractivity contribution in [3.05, 3.63) is 84.2 Å². The van der Waals surface area contributed by atoms with Gasteiger partial charge in [-0.1, -0.05) is 11.6 Å². The normalized spacial score (nSPS) is 11.0. The molecule has 2 N–H and O–H groups in total. The molecule has 0 fully saturated rings. The number of nitrogens with zero attached hydrogens (tertiary/aromatic N) is 6. The maximum Gasteiger partial charge on any atom is 0.490 e. The molecule has 4 aromatic heterocycles. The quantitative estimate of drug-likeness (QED) is 0.321. The largest absolute Gasteiger partial charge is 0.497 e. The minimum Gasteiger partial charge on any atom is -0.497 e. The van der Waals surface area contributed by atoms with Gasteiger partial charge < -0.3 is 15.2 Å². The van der Waals surface area contributed by atoms with Crippen molar-refractivity contribution in [2.75, 3.05) is 12.4 Å². The smallest absolute Gasteiger partial charge is 0.490 e. The van der Waals surface area contributed by atoms with E-state index in [0.29, 0.717) is 27.9 Å². The number of aliphatic carboxylic acids is 1. The van der Waals surface area contributed by atoms with Gasteiger partial charge in [0.15, 0.2) is 11.5 Å². The molecule has 4 heterocycles. The van der Waals surface area contributed by atoms with Gasteiger partial charge in [-0.05, 0) is 42.5 Å². The van der Waals surface area contributed by atoms with Crippen LogP contribution in [0.4, 0.5) is 19.0 Å². The highest BCUT2D eigenvalue weighted by molar-refractivity contribution is 6.30. The Morgan fingerprint density at radius 1 is 1.05 bits per heavy atom. The molecule has 200 valence electrons. The summed E-state index contributed by atoms with van der Waals surface area (Å²) >= 11 is 5.87. The number of anilines is 1. The molecule has 15 heteroatoms. The molecule has 0 aliphatic heterocycles. The number of carboxylic acids is 1. The highest BCUT2D eigenvalue weighted by Crippen LogP contribution is 2.26. The van der Waals surface area contributed by atoms with Crippen LogP contribution >= 0.6 is 11.6 Å². The third-order valence-electron chi connectivity index (χ3n) is 5.06. The van der Waals surface area contributed by atoms with Crippen LogP contribution in [0.15, 0.2) is 73.4 Å². The first kappa shape index (κ1) is 27.1. The van der Waals surface area contributed by atoms with Crippen LogP contribution in [0.25, 0.3) is 22.7 Å². The first-order chi connectivity index (χ1) is 18.6. The predicted octanol–water partition coefficient (Wildman–Crippen LogP) is 4.52. The molecular formula is C24H17ClF3N7O4. The molecule has 0 bridgehead atoms. The number of carboxylic acid groups (broad SMARTS) is 1. The number of aromatic nitrogens is 6. The summed E-state index contributed by atoms with van der Waals surface area (Å²) < 4.78 is 40.5. The second kappa shape index (κ2) is 11.2. The van der Waals surface area contributed by atoms with E-state index in [0.717, 1.165) is 11.4 Å². The van der Waals surface area contributed by atoms with Gasteiger partial charge in [-0.2, -0.15) is 18.3 Å². The number of carbonyl (C=O) groups excluding carboxylic acids is 1. The summed E-state index contributed by atoms with van der Waals surface area (Å²) in [6.07, 6.45) is 3.03. The molecule has 1 aromatic carbocycles. The van der Waals surface area contributed by atoms with E-state index < -0.39 is 18.1 Å². The van der Waals surface area contributed by atoms with Crippen LogP contribution in [0.1, 0.15) is 10.5 Å². The summed E-state index contributed by atoms with van der Waals surface area (Å²) in [5.74, 6) is -1.51. The SMILES string of the molecule is COc1ccc(-n2nccc2-c2nc(C(=O)Nc3ccc(Cl)cn3)c3cnccn23)cc1.O=C(O)C(F)(F)F. The molecule has 0 aliphatic rings. The Morgan fingerprint density at radius 3 is 2.38 bits per heavy atom. The minimum atomic E-state index is -5.08. The van der Waals surface area contributed by atoms with Crippen LogP contribution in [0.5, 0.6) is 5.75 Å². The van der Waals surface area contributed by atoms with E-state index in [4.69, 9.17) is 26.2 Å². The van der Waals surface area contributed by atoms with E-state index in [1.807, 2.05) is 30.3 Å². The Morgan fingerprint density at radius 2 is 1.77 bits per heavy atom. The number of imidazole rings is 1. The van der Waals surface area contributed by atoms with Crippen molar-refractivity contribution in [3.8, 4) is 23.0 Å². The van der Waals surface area contributed by atoms with Crippen LogP contribution in [0, 0.1) is 0 Å². The van der Waals surface area contributed by atoms with E-state index in [9.17, 15) is 18.0 Å². The average Bonchev–Trinajstić information content (AvgIpc) is 3.55. The second-order valence-corrected chi connectivity index (χ2v) is 8.00. The van der Waals surface area contributed by atoms with Crippen molar-refractivity contribution >= 4 is 34.8 Å². The van der Waals surface area contributed by atoms with Crippen molar-refractivity contribution in [2.24, 2.45) is 0 Å². The molecule has 11 nitrogen and oxygen atoms in total. The number of amides is 1. The standard InChI is InChI=1S/C22H16ClN7O2.C2HF3O2/c1-32-16-5-3-15(4-6-16)30-17(8-9-26-30)21-28-20(18-13-24-10-11-29(18)21)22(31)27-19-7-2-14(23)12-25-19;3-2(4,5)1(6)7/h2-13H,1H3,(H,25,27,31);(H,6,7). The van der Waals surface area contributed by atoms with Gasteiger partial charge in [0.25, 0.3) is 5.91 Å². The molecule has 5 aromatic rings. The highest BCUT2D eigenvalue weighted by Gasteiger charge is 2.38. The van der Waals surface area contributed by atoms with Gasteiger partial charge in [0.1, 0.15) is 17.3 Å². The van der Waals surface area contributed by atoms with Crippen molar-refractivity contribution in [2.45, 2.75) is 6.18 Å². The summed E-state index contributed by atoms with van der Waals surface area (Å²) in [7, 11) is 1.62.